The van der Waals surface area contributed by atoms with Crippen LogP contribution in [0.3, 0.4) is 0 Å². The summed E-state index contributed by atoms with van der Waals surface area (Å²) in [5.74, 6) is 1.18. The molecule has 0 aromatic heterocycles. The van der Waals surface area contributed by atoms with Crippen molar-refractivity contribution in [1.29, 1.82) is 5.26 Å². The van der Waals surface area contributed by atoms with Crippen LogP contribution in [0.15, 0.2) is 24.3 Å². The number of benzene rings is 1. The molecule has 118 valence electrons. The molecule has 0 bridgehead atoms. The number of rotatable bonds is 4. The van der Waals surface area contributed by atoms with Crippen molar-refractivity contribution in [2.75, 3.05) is 5.32 Å². The Morgan fingerprint density at radius 2 is 2.05 bits per heavy atom. The van der Waals surface area contributed by atoms with E-state index in [9.17, 15) is 4.79 Å². The van der Waals surface area contributed by atoms with Gasteiger partial charge in [-0.05, 0) is 37.3 Å². The van der Waals surface area contributed by atoms with Crippen molar-refractivity contribution in [2.45, 2.75) is 52.1 Å². The van der Waals surface area contributed by atoms with Gasteiger partial charge in [0.15, 0.2) is 0 Å². The number of para-hydroxylation sites is 1. The van der Waals surface area contributed by atoms with E-state index < -0.39 is 0 Å². The van der Waals surface area contributed by atoms with Crippen molar-refractivity contribution in [1.82, 2.24) is 5.32 Å². The molecule has 0 aliphatic heterocycles. The highest BCUT2D eigenvalue weighted by atomic mass is 16.2. The molecule has 4 nitrogen and oxygen atoms in total. The van der Waals surface area contributed by atoms with Crippen molar-refractivity contribution in [2.24, 2.45) is 11.8 Å². The van der Waals surface area contributed by atoms with E-state index in [1.807, 2.05) is 13.0 Å². The molecule has 0 heterocycles. The van der Waals surface area contributed by atoms with Gasteiger partial charge in [0.1, 0.15) is 6.07 Å². The average molecular weight is 299 g/mol. The molecule has 1 amide bonds. The van der Waals surface area contributed by atoms with E-state index >= 15 is 0 Å². The fraction of sp³-hybridized carbons (Fsp3) is 0.556. The molecule has 1 aromatic rings. The van der Waals surface area contributed by atoms with Crippen LogP contribution in [-0.2, 0) is 4.79 Å². The Morgan fingerprint density at radius 3 is 2.77 bits per heavy atom. The van der Waals surface area contributed by atoms with Gasteiger partial charge in [-0.25, -0.2) is 0 Å². The van der Waals surface area contributed by atoms with Gasteiger partial charge in [0.25, 0.3) is 0 Å². The van der Waals surface area contributed by atoms with Gasteiger partial charge in [0.05, 0.1) is 17.3 Å². The second-order valence-electron chi connectivity index (χ2n) is 6.41. The molecule has 4 atom stereocenters. The largest absolute Gasteiger partial charge is 0.324 e. The summed E-state index contributed by atoms with van der Waals surface area (Å²) in [6.45, 7) is 6.43. The molecular formula is C18H25N3O. The molecule has 0 unspecified atom stereocenters. The Labute approximate surface area is 132 Å². The van der Waals surface area contributed by atoms with Crippen molar-refractivity contribution in [3.05, 3.63) is 29.8 Å². The highest BCUT2D eigenvalue weighted by Gasteiger charge is 2.29. The minimum Gasteiger partial charge on any atom is -0.324 e. The number of nitrogens with one attached hydrogen (secondary N) is 2. The standard InChI is InChI=1S/C18H25N3O/c1-12-7-6-10-16(13(12)2)20-14(3)18(22)21-17-9-5-4-8-15(17)11-19/h4-5,8-9,12-14,16,20H,6-7,10H2,1-3H3,(H,21,22)/t12-,13+,14-,16-/m0/s1. The van der Waals surface area contributed by atoms with Gasteiger partial charge >= 0.3 is 0 Å². The van der Waals surface area contributed by atoms with Gasteiger partial charge in [0.2, 0.25) is 5.91 Å². The zero-order valence-electron chi connectivity index (χ0n) is 13.6. The summed E-state index contributed by atoms with van der Waals surface area (Å²) in [6, 6.07) is 9.29. The third kappa shape index (κ3) is 3.86. The zero-order valence-corrected chi connectivity index (χ0v) is 13.6. The lowest BCUT2D eigenvalue weighted by Crippen LogP contribution is -2.49. The minimum atomic E-state index is -0.274. The highest BCUT2D eigenvalue weighted by molar-refractivity contribution is 5.95. The van der Waals surface area contributed by atoms with Crippen molar-refractivity contribution >= 4 is 11.6 Å². The van der Waals surface area contributed by atoms with E-state index in [0.717, 1.165) is 6.42 Å². The maximum atomic E-state index is 12.4. The van der Waals surface area contributed by atoms with E-state index in [2.05, 4.69) is 30.6 Å². The first-order chi connectivity index (χ1) is 10.5. The first-order valence-electron chi connectivity index (χ1n) is 8.09. The van der Waals surface area contributed by atoms with Gasteiger partial charge in [0, 0.05) is 6.04 Å². The topological polar surface area (TPSA) is 64.9 Å². The Balaban J connectivity index is 1.96. The molecule has 1 saturated carbocycles. The molecule has 0 spiro atoms. The fourth-order valence-electron chi connectivity index (χ4n) is 3.14. The number of nitriles is 1. The van der Waals surface area contributed by atoms with Crippen LogP contribution in [0.4, 0.5) is 5.69 Å². The number of anilines is 1. The van der Waals surface area contributed by atoms with E-state index in [0.29, 0.717) is 29.1 Å². The Hall–Kier alpha value is -1.86. The monoisotopic (exact) mass is 299 g/mol. The SMILES string of the molecule is C[C@H]1[C@@H](N[C@@H](C)C(=O)Nc2ccccc2C#N)CCC[C@@H]1C. The average Bonchev–Trinajstić information content (AvgIpc) is 2.52. The normalized spacial score (nSPS) is 26.0. The van der Waals surface area contributed by atoms with Crippen LogP contribution in [0.1, 0.15) is 45.6 Å². The van der Waals surface area contributed by atoms with Crippen molar-refractivity contribution in [3.8, 4) is 6.07 Å². The van der Waals surface area contributed by atoms with E-state index in [1.54, 1.807) is 18.2 Å². The predicted molar refractivity (Wildman–Crippen MR) is 88.4 cm³/mol. The lowest BCUT2D eigenvalue weighted by molar-refractivity contribution is -0.118. The summed E-state index contributed by atoms with van der Waals surface area (Å²) in [5, 5.41) is 15.4. The molecule has 4 heteroatoms. The van der Waals surface area contributed by atoms with Gasteiger partial charge in [-0.2, -0.15) is 5.26 Å². The molecular weight excluding hydrogens is 274 g/mol. The summed E-state index contributed by atoms with van der Waals surface area (Å²) in [7, 11) is 0. The predicted octanol–water partition coefficient (Wildman–Crippen LogP) is 3.30. The second kappa shape index (κ2) is 7.42. The van der Waals surface area contributed by atoms with Gasteiger partial charge in [-0.15, -0.1) is 0 Å². The van der Waals surface area contributed by atoms with Gasteiger partial charge < -0.3 is 10.6 Å². The molecule has 1 aliphatic rings. The summed E-state index contributed by atoms with van der Waals surface area (Å²) in [5.41, 5.74) is 1.07. The number of amides is 1. The number of hydrogen-bond donors (Lipinski definition) is 2. The molecule has 2 N–H and O–H groups in total. The lowest BCUT2D eigenvalue weighted by Gasteiger charge is -2.36. The summed E-state index contributed by atoms with van der Waals surface area (Å²) >= 11 is 0. The third-order valence-corrected chi connectivity index (χ3v) is 4.87. The smallest absolute Gasteiger partial charge is 0.241 e. The molecule has 2 rings (SSSR count). The van der Waals surface area contributed by atoms with E-state index in [1.165, 1.54) is 12.8 Å². The molecule has 0 radical (unpaired) electrons. The van der Waals surface area contributed by atoms with Crippen molar-refractivity contribution in [3.63, 3.8) is 0 Å². The van der Waals surface area contributed by atoms with Gasteiger partial charge in [-0.1, -0.05) is 38.8 Å². The Bertz CT molecular complexity index is 564. The minimum absolute atomic E-state index is 0.0897. The Morgan fingerprint density at radius 1 is 1.32 bits per heavy atom. The number of carbonyl (C=O) groups excluding carboxylic acids is 1. The summed E-state index contributed by atoms with van der Waals surface area (Å²) in [4.78, 5) is 12.4. The summed E-state index contributed by atoms with van der Waals surface area (Å²) in [6.07, 6.45) is 3.61. The molecule has 0 saturated heterocycles. The molecule has 22 heavy (non-hydrogen) atoms. The molecule has 1 aromatic carbocycles. The first-order valence-corrected chi connectivity index (χ1v) is 8.09. The van der Waals surface area contributed by atoms with Crippen LogP contribution in [0.2, 0.25) is 0 Å². The fourth-order valence-corrected chi connectivity index (χ4v) is 3.14. The van der Waals surface area contributed by atoms with Crippen molar-refractivity contribution < 1.29 is 4.79 Å². The van der Waals surface area contributed by atoms with Crippen LogP contribution in [0, 0.1) is 23.2 Å². The maximum Gasteiger partial charge on any atom is 0.241 e. The van der Waals surface area contributed by atoms with E-state index in [4.69, 9.17) is 5.26 Å². The van der Waals surface area contributed by atoms with Crippen LogP contribution in [0.5, 0.6) is 0 Å². The van der Waals surface area contributed by atoms with Crippen LogP contribution in [0.25, 0.3) is 0 Å². The van der Waals surface area contributed by atoms with Crippen LogP contribution in [-0.4, -0.2) is 18.0 Å². The molecule has 1 aliphatic carbocycles. The van der Waals surface area contributed by atoms with Crippen LogP contribution < -0.4 is 10.6 Å². The Kier molecular flexibility index (Phi) is 5.57. The van der Waals surface area contributed by atoms with E-state index in [-0.39, 0.29) is 11.9 Å². The number of carbonyl (C=O) groups is 1. The number of hydrogen-bond acceptors (Lipinski definition) is 3. The first kappa shape index (κ1) is 16.5. The quantitative estimate of drug-likeness (QED) is 0.896. The number of nitrogens with zero attached hydrogens (tertiary/aromatic N) is 1. The summed E-state index contributed by atoms with van der Waals surface area (Å²) < 4.78 is 0. The highest BCUT2D eigenvalue weighted by Crippen LogP contribution is 2.29. The van der Waals surface area contributed by atoms with Crippen LogP contribution >= 0.6 is 0 Å². The maximum absolute atomic E-state index is 12.4. The zero-order chi connectivity index (χ0) is 16.1. The van der Waals surface area contributed by atoms with Gasteiger partial charge in [-0.3, -0.25) is 4.79 Å². The third-order valence-electron chi connectivity index (χ3n) is 4.87. The lowest BCUT2D eigenvalue weighted by atomic mass is 9.78. The molecule has 1 fully saturated rings. The second-order valence-corrected chi connectivity index (χ2v) is 6.41.